The van der Waals surface area contributed by atoms with Crippen molar-refractivity contribution < 1.29 is 33.6 Å². The molecule has 0 fully saturated rings. The Morgan fingerprint density at radius 2 is 1.54 bits per heavy atom. The molecule has 6 aromatic rings. The van der Waals surface area contributed by atoms with Gasteiger partial charge < -0.3 is 29.4 Å². The molecule has 322 valence electrons. The summed E-state index contributed by atoms with van der Waals surface area (Å²) in [4.78, 5) is 29.1. The summed E-state index contributed by atoms with van der Waals surface area (Å²) >= 11 is 0. The highest BCUT2D eigenvalue weighted by atomic mass is 16.5. The van der Waals surface area contributed by atoms with Crippen LogP contribution in [0.3, 0.4) is 0 Å². The maximum absolute atomic E-state index is 13.2. The normalized spacial score (nSPS) is 17.0. The van der Waals surface area contributed by atoms with Crippen LogP contribution in [-0.2, 0) is 32.3 Å². The first-order chi connectivity index (χ1) is 30.8. The molecular weight excluding hydrogens is 791 g/mol. The number of ether oxygens (including phenoxy) is 4. The van der Waals surface area contributed by atoms with E-state index in [9.17, 15) is 14.7 Å². The van der Waals surface area contributed by atoms with E-state index in [1.165, 1.54) is 16.7 Å². The molecule has 10 rings (SSSR count). The van der Waals surface area contributed by atoms with E-state index in [4.69, 9.17) is 18.9 Å². The Morgan fingerprint density at radius 1 is 0.794 bits per heavy atom. The molecule has 4 aliphatic heterocycles. The van der Waals surface area contributed by atoms with Crippen molar-refractivity contribution >= 4 is 12.2 Å². The van der Waals surface area contributed by atoms with E-state index < -0.39 is 0 Å². The molecule has 0 aliphatic carbocycles. The minimum Gasteiger partial charge on any atom is -0.492 e. The maximum Gasteiger partial charge on any atom is 0.251 e. The van der Waals surface area contributed by atoms with Crippen LogP contribution < -0.4 is 24.3 Å². The van der Waals surface area contributed by atoms with Crippen molar-refractivity contribution in [2.24, 2.45) is 0 Å². The van der Waals surface area contributed by atoms with Crippen LogP contribution in [0.15, 0.2) is 115 Å². The largest absolute Gasteiger partial charge is 0.492 e. The number of fused-ring (bicyclic) bond motifs is 2. The Kier molecular flexibility index (Phi) is 12.3. The van der Waals surface area contributed by atoms with Crippen LogP contribution in [0.1, 0.15) is 78.2 Å². The van der Waals surface area contributed by atoms with Gasteiger partial charge in [0.1, 0.15) is 17.8 Å². The summed E-state index contributed by atoms with van der Waals surface area (Å²) in [5, 5.41) is 13.6. The zero-order valence-electron chi connectivity index (χ0n) is 36.1. The van der Waals surface area contributed by atoms with Crippen LogP contribution >= 0.6 is 0 Å². The predicted molar refractivity (Wildman–Crippen MR) is 244 cm³/mol. The summed E-state index contributed by atoms with van der Waals surface area (Å²) in [6.07, 6.45) is 4.66. The molecule has 63 heavy (non-hydrogen) atoms. The lowest BCUT2D eigenvalue weighted by Gasteiger charge is -2.37. The monoisotopic (exact) mass is 843 g/mol. The Balaban J connectivity index is 0.989. The third-order valence-corrected chi connectivity index (χ3v) is 12.8. The third-order valence-electron chi connectivity index (χ3n) is 12.8. The molecule has 0 aromatic heterocycles. The molecule has 1 amide bonds. The number of amides is 1. The van der Waals surface area contributed by atoms with Crippen LogP contribution in [0.4, 0.5) is 0 Å². The highest BCUT2D eigenvalue weighted by molar-refractivity contribution is 5.95. The fourth-order valence-corrected chi connectivity index (χ4v) is 9.26. The second kappa shape index (κ2) is 18.5. The lowest BCUT2D eigenvalue weighted by atomic mass is 9.86. The number of aliphatic hydroxyl groups excluding tert-OH is 1. The average molecular weight is 844 g/mol. The van der Waals surface area contributed by atoms with Gasteiger partial charge in [-0.2, -0.15) is 0 Å². The molecule has 0 spiro atoms. The van der Waals surface area contributed by atoms with E-state index in [2.05, 4.69) is 77.7 Å². The van der Waals surface area contributed by atoms with Crippen molar-refractivity contribution in [3.05, 3.63) is 165 Å². The first-order valence-electron chi connectivity index (χ1n) is 21.8. The third kappa shape index (κ3) is 8.93. The molecule has 6 aromatic carbocycles. The summed E-state index contributed by atoms with van der Waals surface area (Å²) in [5.41, 5.74) is 10.8. The van der Waals surface area contributed by atoms with Crippen LogP contribution in [0.25, 0.3) is 11.1 Å². The fraction of sp³-hybridized carbons (Fsp3) is 0.283. The number of nitrogens with zero attached hydrogens (tertiary/aromatic N) is 2. The summed E-state index contributed by atoms with van der Waals surface area (Å²) in [7, 11) is 5.98. The first kappa shape index (κ1) is 41.9. The van der Waals surface area contributed by atoms with E-state index >= 15 is 0 Å². The minimum absolute atomic E-state index is 0.0630. The average Bonchev–Trinajstić information content (AvgIpc) is 3.31. The van der Waals surface area contributed by atoms with Gasteiger partial charge in [0.25, 0.3) is 5.91 Å². The van der Waals surface area contributed by atoms with Gasteiger partial charge in [-0.15, -0.1) is 0 Å². The number of nitrogens with one attached hydrogen (secondary N) is 1. The van der Waals surface area contributed by atoms with Gasteiger partial charge in [0.15, 0.2) is 23.0 Å². The molecule has 2 N–H and O–H groups in total. The zero-order valence-corrected chi connectivity index (χ0v) is 36.1. The molecule has 6 bridgehead atoms. The smallest absolute Gasteiger partial charge is 0.251 e. The summed E-state index contributed by atoms with van der Waals surface area (Å²) in [6.45, 7) is 2.43. The van der Waals surface area contributed by atoms with Crippen molar-refractivity contribution in [1.29, 1.82) is 0 Å². The van der Waals surface area contributed by atoms with Crippen LogP contribution in [-0.4, -0.2) is 74.5 Å². The van der Waals surface area contributed by atoms with Crippen molar-refractivity contribution in [3.8, 4) is 45.6 Å². The van der Waals surface area contributed by atoms with E-state index in [0.29, 0.717) is 71.4 Å². The molecule has 4 aliphatic rings. The van der Waals surface area contributed by atoms with E-state index in [1.807, 2.05) is 48.5 Å². The number of aliphatic hydroxyl groups is 1. The van der Waals surface area contributed by atoms with Gasteiger partial charge in [0, 0.05) is 54.0 Å². The van der Waals surface area contributed by atoms with E-state index in [0.717, 1.165) is 72.2 Å². The number of hydrogen-bond acceptors (Lipinski definition) is 9. The molecule has 0 saturated heterocycles. The van der Waals surface area contributed by atoms with Crippen molar-refractivity contribution in [1.82, 2.24) is 15.1 Å². The zero-order chi connectivity index (χ0) is 43.5. The summed E-state index contributed by atoms with van der Waals surface area (Å²) in [6, 6.07) is 37.9. The Labute approximate surface area is 369 Å². The quantitative estimate of drug-likeness (QED) is 0.103. The second-order valence-electron chi connectivity index (χ2n) is 16.8. The fourth-order valence-electron chi connectivity index (χ4n) is 9.26. The van der Waals surface area contributed by atoms with Gasteiger partial charge in [-0.3, -0.25) is 19.4 Å². The molecule has 4 heterocycles. The highest BCUT2D eigenvalue weighted by Crippen LogP contribution is 2.48. The number of hydrogen-bond donors (Lipinski definition) is 2. The molecule has 10 heteroatoms. The highest BCUT2D eigenvalue weighted by Gasteiger charge is 2.33. The lowest BCUT2D eigenvalue weighted by molar-refractivity contribution is 0.0951. The van der Waals surface area contributed by atoms with Crippen LogP contribution in [0, 0.1) is 0 Å². The Bertz CT molecular complexity index is 2630. The lowest BCUT2D eigenvalue weighted by Crippen LogP contribution is -2.34. The first-order valence-corrected chi connectivity index (χ1v) is 21.8. The van der Waals surface area contributed by atoms with Crippen molar-refractivity contribution in [3.63, 3.8) is 0 Å². The van der Waals surface area contributed by atoms with Crippen LogP contribution in [0.2, 0.25) is 0 Å². The number of methoxy groups -OCH3 is 1. The van der Waals surface area contributed by atoms with Crippen LogP contribution in [0.5, 0.6) is 34.5 Å². The van der Waals surface area contributed by atoms with Crippen molar-refractivity contribution in [2.75, 3.05) is 47.4 Å². The van der Waals surface area contributed by atoms with Gasteiger partial charge in [0.05, 0.1) is 20.3 Å². The number of rotatable bonds is 10. The predicted octanol–water partition coefficient (Wildman–Crippen LogP) is 9.31. The summed E-state index contributed by atoms with van der Waals surface area (Å²) in [5.74, 6) is 3.72. The van der Waals surface area contributed by atoms with Gasteiger partial charge in [-0.25, -0.2) is 0 Å². The molecule has 10 nitrogen and oxygen atoms in total. The van der Waals surface area contributed by atoms with Crippen molar-refractivity contribution in [2.45, 2.75) is 50.8 Å². The number of carbonyl (C=O) groups is 2. The second-order valence-corrected chi connectivity index (χ2v) is 16.8. The van der Waals surface area contributed by atoms with Gasteiger partial charge in [0.2, 0.25) is 0 Å². The number of likely N-dealkylation sites (N-methyl/N-ethyl adjacent to an activating group) is 2. The summed E-state index contributed by atoms with van der Waals surface area (Å²) < 4.78 is 26.1. The van der Waals surface area contributed by atoms with Gasteiger partial charge in [-0.1, -0.05) is 60.7 Å². The Hall–Kier alpha value is -6.46. The topological polar surface area (TPSA) is 110 Å². The van der Waals surface area contributed by atoms with Gasteiger partial charge in [-0.05, 0) is 140 Å². The standard InChI is InChI=1S/C53H53N3O7/c1-55-23-20-38-15-18-44-31-45(38)46(55)26-34-10-16-43(17-11-34)62-49-28-36(27-47-50-40(21-24-56(47)2)30-42(33-58)51(60-3)52(50)63-44)12-19-48(49)61-25-5-22-54-53(59)41-7-4-6-39(29-41)37-13-8-35(32-57)9-14-37/h4,6-19,28-32,46-47,58H,5,20-27,33H2,1-3H3,(H,54,59). The molecule has 0 saturated carbocycles. The maximum atomic E-state index is 13.2. The van der Waals surface area contributed by atoms with Gasteiger partial charge >= 0.3 is 0 Å². The SMILES string of the molecule is COc1c(CO)cc2c3c1Oc1ccc4c(c1)C(Cc1ccc(cc1)Oc1cc(ccc1OCCCNC(=O)c1cccc(-c5ccc(C=O)cc5)c1)CC3N(C)CC2)N(C)CC4. The molecule has 0 radical (unpaired) electrons. The number of carbonyl (C=O) groups excluding carboxylic acids is 2. The number of aldehydes is 1. The Morgan fingerprint density at radius 3 is 2.32 bits per heavy atom. The minimum atomic E-state index is -0.166. The molecule has 2 unspecified atom stereocenters. The molecule has 2 atom stereocenters. The molecular formula is C53H53N3O7. The number of benzene rings is 6. The van der Waals surface area contributed by atoms with E-state index in [-0.39, 0.29) is 24.6 Å². The van der Waals surface area contributed by atoms with E-state index in [1.54, 1.807) is 25.3 Å².